The minimum Gasteiger partial charge on any atom is -0.356 e. The Morgan fingerprint density at radius 1 is 1.24 bits per heavy atom. The van der Waals surface area contributed by atoms with Gasteiger partial charge in [-0.1, -0.05) is 6.92 Å². The molecule has 0 aromatic carbocycles. The van der Waals surface area contributed by atoms with Crippen molar-refractivity contribution in [3.63, 3.8) is 0 Å². The standard InChI is InChI=1S/C16H19FN4/c1-2-14-5-6-21(19-14)10-11-3-4-15(18-16(11)17)20-8-12-7-13(12)9-20/h3-6,12-13H,2,7-10H2,1H3. The third-order valence-corrected chi connectivity index (χ3v) is 4.60. The Morgan fingerprint density at radius 2 is 2.05 bits per heavy atom. The van der Waals surface area contributed by atoms with Crippen LogP contribution < -0.4 is 4.90 Å². The number of hydrogen-bond donors (Lipinski definition) is 0. The van der Waals surface area contributed by atoms with Crippen molar-refractivity contribution in [3.8, 4) is 0 Å². The summed E-state index contributed by atoms with van der Waals surface area (Å²) in [6.45, 7) is 4.57. The Balaban J connectivity index is 1.50. The number of aromatic nitrogens is 3. The van der Waals surface area contributed by atoms with Crippen LogP contribution in [0.5, 0.6) is 0 Å². The van der Waals surface area contributed by atoms with E-state index in [-0.39, 0.29) is 5.95 Å². The average molecular weight is 286 g/mol. The number of nitrogens with zero attached hydrogens (tertiary/aromatic N) is 4. The van der Waals surface area contributed by atoms with Gasteiger partial charge in [0.1, 0.15) is 5.82 Å². The second kappa shape index (κ2) is 4.83. The van der Waals surface area contributed by atoms with Crippen LogP contribution in [0.2, 0.25) is 0 Å². The molecule has 2 aliphatic rings. The largest absolute Gasteiger partial charge is 0.356 e. The Bertz CT molecular complexity index is 656. The lowest BCUT2D eigenvalue weighted by molar-refractivity contribution is 0.546. The van der Waals surface area contributed by atoms with Crippen molar-refractivity contribution < 1.29 is 4.39 Å². The molecule has 0 bridgehead atoms. The zero-order chi connectivity index (χ0) is 14.4. The molecule has 2 atom stereocenters. The van der Waals surface area contributed by atoms with E-state index in [0.717, 1.165) is 42.9 Å². The fourth-order valence-electron chi connectivity index (χ4n) is 3.19. The summed E-state index contributed by atoms with van der Waals surface area (Å²) in [7, 11) is 0. The summed E-state index contributed by atoms with van der Waals surface area (Å²) >= 11 is 0. The highest BCUT2D eigenvalue weighted by Gasteiger charge is 2.45. The van der Waals surface area contributed by atoms with Gasteiger partial charge in [0, 0.05) is 24.8 Å². The number of anilines is 1. The molecular formula is C16H19FN4. The number of pyridine rings is 1. The Hall–Kier alpha value is -1.91. The van der Waals surface area contributed by atoms with Crippen LogP contribution in [0.4, 0.5) is 10.2 Å². The zero-order valence-electron chi connectivity index (χ0n) is 12.2. The highest BCUT2D eigenvalue weighted by Crippen LogP contribution is 2.45. The summed E-state index contributed by atoms with van der Waals surface area (Å²) in [6.07, 6.45) is 4.13. The number of rotatable bonds is 4. The summed E-state index contributed by atoms with van der Waals surface area (Å²) in [5, 5.41) is 4.39. The number of aryl methyl sites for hydroxylation is 1. The highest BCUT2D eigenvalue weighted by molar-refractivity contribution is 5.42. The van der Waals surface area contributed by atoms with Gasteiger partial charge in [-0.25, -0.2) is 4.98 Å². The van der Waals surface area contributed by atoms with Gasteiger partial charge in [-0.3, -0.25) is 4.68 Å². The van der Waals surface area contributed by atoms with E-state index in [1.54, 1.807) is 4.68 Å². The molecule has 1 aliphatic carbocycles. The minimum absolute atomic E-state index is 0.373. The highest BCUT2D eigenvalue weighted by atomic mass is 19.1. The van der Waals surface area contributed by atoms with Gasteiger partial charge in [-0.2, -0.15) is 9.49 Å². The molecule has 2 fully saturated rings. The van der Waals surface area contributed by atoms with Crippen molar-refractivity contribution in [1.82, 2.24) is 14.8 Å². The topological polar surface area (TPSA) is 34.0 Å². The Labute approximate surface area is 123 Å². The summed E-state index contributed by atoms with van der Waals surface area (Å²) in [5.41, 5.74) is 1.62. The molecule has 1 saturated heterocycles. The van der Waals surface area contributed by atoms with Gasteiger partial charge in [-0.15, -0.1) is 0 Å². The SMILES string of the molecule is CCc1ccn(Cc2ccc(N3CC4CC4C3)nc2F)n1. The fraction of sp³-hybridized carbons (Fsp3) is 0.500. The van der Waals surface area contributed by atoms with E-state index in [4.69, 9.17) is 0 Å². The predicted molar refractivity (Wildman–Crippen MR) is 78.7 cm³/mol. The van der Waals surface area contributed by atoms with E-state index in [1.807, 2.05) is 24.4 Å². The predicted octanol–water partition coefficient (Wildman–Crippen LogP) is 2.48. The number of piperidine rings is 1. The van der Waals surface area contributed by atoms with Gasteiger partial charge in [0.25, 0.3) is 0 Å². The maximum Gasteiger partial charge on any atom is 0.219 e. The van der Waals surface area contributed by atoms with E-state index < -0.39 is 0 Å². The third-order valence-electron chi connectivity index (χ3n) is 4.60. The maximum atomic E-state index is 14.2. The number of halogens is 1. The summed E-state index contributed by atoms with van der Waals surface area (Å²) in [4.78, 5) is 6.35. The van der Waals surface area contributed by atoms with Crippen LogP contribution in [0.1, 0.15) is 24.6 Å². The molecule has 2 aromatic heterocycles. The smallest absolute Gasteiger partial charge is 0.219 e. The van der Waals surface area contributed by atoms with Crippen molar-refractivity contribution in [2.75, 3.05) is 18.0 Å². The van der Waals surface area contributed by atoms with E-state index in [0.29, 0.717) is 12.1 Å². The lowest BCUT2D eigenvalue weighted by Crippen LogP contribution is -2.23. The zero-order valence-corrected chi connectivity index (χ0v) is 12.2. The molecule has 0 radical (unpaired) electrons. The fourth-order valence-corrected chi connectivity index (χ4v) is 3.19. The first-order valence-electron chi connectivity index (χ1n) is 7.65. The first-order chi connectivity index (χ1) is 10.2. The summed E-state index contributed by atoms with van der Waals surface area (Å²) in [6, 6.07) is 5.75. The van der Waals surface area contributed by atoms with Crippen molar-refractivity contribution in [1.29, 1.82) is 0 Å². The molecule has 0 spiro atoms. The van der Waals surface area contributed by atoms with Crippen LogP contribution in [0.15, 0.2) is 24.4 Å². The maximum absolute atomic E-state index is 14.2. The van der Waals surface area contributed by atoms with Gasteiger partial charge in [-0.05, 0) is 42.9 Å². The van der Waals surface area contributed by atoms with Crippen LogP contribution in [0, 0.1) is 17.8 Å². The van der Waals surface area contributed by atoms with Crippen molar-refractivity contribution in [3.05, 3.63) is 41.6 Å². The molecule has 1 aliphatic heterocycles. The van der Waals surface area contributed by atoms with Crippen LogP contribution in [-0.4, -0.2) is 27.9 Å². The van der Waals surface area contributed by atoms with Crippen molar-refractivity contribution in [2.24, 2.45) is 11.8 Å². The number of fused-ring (bicyclic) bond motifs is 1. The monoisotopic (exact) mass is 286 g/mol. The van der Waals surface area contributed by atoms with Crippen molar-refractivity contribution in [2.45, 2.75) is 26.3 Å². The summed E-state index contributed by atoms with van der Waals surface area (Å²) in [5.74, 6) is 2.05. The molecule has 4 nitrogen and oxygen atoms in total. The average Bonchev–Trinajstić information content (AvgIpc) is 2.90. The van der Waals surface area contributed by atoms with Gasteiger partial charge < -0.3 is 4.90 Å². The van der Waals surface area contributed by atoms with Gasteiger partial charge in [0.2, 0.25) is 5.95 Å². The van der Waals surface area contributed by atoms with Gasteiger partial charge in [0.15, 0.2) is 0 Å². The third kappa shape index (κ3) is 2.41. The van der Waals surface area contributed by atoms with Gasteiger partial charge in [0.05, 0.1) is 12.2 Å². The molecule has 110 valence electrons. The Kier molecular flexibility index (Phi) is 2.94. The van der Waals surface area contributed by atoms with Crippen LogP contribution in [0.25, 0.3) is 0 Å². The number of hydrogen-bond acceptors (Lipinski definition) is 3. The van der Waals surface area contributed by atoms with Crippen molar-refractivity contribution >= 4 is 5.82 Å². The van der Waals surface area contributed by atoms with E-state index in [9.17, 15) is 4.39 Å². The molecule has 2 aromatic rings. The normalized spacial score (nSPS) is 23.4. The molecule has 1 saturated carbocycles. The molecule has 2 unspecified atom stereocenters. The molecule has 0 N–H and O–H groups in total. The molecule has 3 heterocycles. The van der Waals surface area contributed by atoms with E-state index >= 15 is 0 Å². The lowest BCUT2D eigenvalue weighted by atomic mass is 10.2. The first-order valence-corrected chi connectivity index (χ1v) is 7.65. The molecule has 21 heavy (non-hydrogen) atoms. The van der Waals surface area contributed by atoms with E-state index in [1.165, 1.54) is 6.42 Å². The molecule has 0 amide bonds. The van der Waals surface area contributed by atoms with Crippen LogP contribution in [-0.2, 0) is 13.0 Å². The minimum atomic E-state index is -0.373. The summed E-state index contributed by atoms with van der Waals surface area (Å²) < 4.78 is 16.0. The van der Waals surface area contributed by atoms with E-state index in [2.05, 4.69) is 21.9 Å². The van der Waals surface area contributed by atoms with Crippen LogP contribution in [0.3, 0.4) is 0 Å². The quantitative estimate of drug-likeness (QED) is 0.810. The molecule has 4 rings (SSSR count). The second-order valence-corrected chi connectivity index (χ2v) is 6.14. The molecular weight excluding hydrogens is 267 g/mol. The second-order valence-electron chi connectivity index (χ2n) is 6.14. The van der Waals surface area contributed by atoms with Crippen LogP contribution >= 0.6 is 0 Å². The molecule has 5 heteroatoms. The Morgan fingerprint density at radius 3 is 2.71 bits per heavy atom. The lowest BCUT2D eigenvalue weighted by Gasteiger charge is -2.19. The van der Waals surface area contributed by atoms with Gasteiger partial charge >= 0.3 is 0 Å². The first kappa shape index (κ1) is 12.8.